The van der Waals surface area contributed by atoms with Gasteiger partial charge in [0.25, 0.3) is 0 Å². The summed E-state index contributed by atoms with van der Waals surface area (Å²) in [7, 11) is 0. The van der Waals surface area contributed by atoms with E-state index in [0.717, 1.165) is 18.4 Å². The van der Waals surface area contributed by atoms with Crippen molar-refractivity contribution in [3.05, 3.63) is 23.0 Å². The third-order valence-corrected chi connectivity index (χ3v) is 3.86. The first-order valence-corrected chi connectivity index (χ1v) is 6.04. The highest BCUT2D eigenvalue weighted by molar-refractivity contribution is 5.21. The predicted molar refractivity (Wildman–Crippen MR) is 66.0 cm³/mol. The molecule has 0 amide bonds. The van der Waals surface area contributed by atoms with Crippen LogP contribution in [0.25, 0.3) is 0 Å². The van der Waals surface area contributed by atoms with E-state index in [9.17, 15) is 5.11 Å². The van der Waals surface area contributed by atoms with Gasteiger partial charge in [-0.1, -0.05) is 32.4 Å². The molecule has 1 nitrogen and oxygen atoms in total. The minimum atomic E-state index is 0.128. The molecule has 0 heterocycles. The Kier molecular flexibility index (Phi) is 4.01. The number of hydrogen-bond donors (Lipinski definition) is 1. The molecule has 0 fully saturated rings. The average Bonchev–Trinajstić information content (AvgIpc) is 2.69. The van der Waals surface area contributed by atoms with Gasteiger partial charge >= 0.3 is 0 Å². The van der Waals surface area contributed by atoms with Crippen LogP contribution in [0.1, 0.15) is 59.8 Å². The molecule has 0 radical (unpaired) electrons. The first-order valence-electron chi connectivity index (χ1n) is 6.04. The quantitative estimate of drug-likeness (QED) is 0.522. The number of aliphatic hydroxyl groups excluding tert-OH is 1. The van der Waals surface area contributed by atoms with Crippen LogP contribution in [0.5, 0.6) is 0 Å². The van der Waals surface area contributed by atoms with Gasteiger partial charge in [0, 0.05) is 6.42 Å². The molecule has 0 aromatic rings. The summed E-state index contributed by atoms with van der Waals surface area (Å²) in [5.74, 6) is 0.593. The van der Waals surface area contributed by atoms with E-state index in [-0.39, 0.29) is 5.41 Å². The zero-order chi connectivity index (χ0) is 11.5. The lowest BCUT2D eigenvalue weighted by Crippen LogP contribution is -2.13. The van der Waals surface area contributed by atoms with E-state index in [1.807, 2.05) is 0 Å². The number of hydrogen-bond acceptors (Lipinski definition) is 1. The van der Waals surface area contributed by atoms with Crippen molar-refractivity contribution in [3.8, 4) is 0 Å². The molecule has 0 aromatic heterocycles. The summed E-state index contributed by atoms with van der Waals surface area (Å²) in [6.07, 6.45) is 7.75. The Hall–Kier alpha value is -0.720. The van der Waals surface area contributed by atoms with Crippen molar-refractivity contribution in [3.63, 3.8) is 0 Å². The fourth-order valence-electron chi connectivity index (χ4n) is 1.90. The van der Waals surface area contributed by atoms with Gasteiger partial charge in [-0.2, -0.15) is 0 Å². The third kappa shape index (κ3) is 3.12. The summed E-state index contributed by atoms with van der Waals surface area (Å²) in [5.41, 5.74) is 2.69. The second kappa shape index (κ2) is 4.87. The molecule has 0 aromatic carbocycles. The van der Waals surface area contributed by atoms with E-state index in [2.05, 4.69) is 33.8 Å². The normalized spacial score (nSPS) is 18.8. The van der Waals surface area contributed by atoms with E-state index >= 15 is 0 Å². The number of rotatable bonds is 4. The first-order chi connectivity index (χ1) is 6.97. The topological polar surface area (TPSA) is 20.2 Å². The van der Waals surface area contributed by atoms with Crippen LogP contribution >= 0.6 is 0 Å². The van der Waals surface area contributed by atoms with E-state index < -0.39 is 0 Å². The maximum Gasteiger partial charge on any atom is 0.0957 e. The Balaban J connectivity index is 2.71. The second-order valence-electron chi connectivity index (χ2n) is 5.24. The van der Waals surface area contributed by atoms with Crippen LogP contribution in [0.15, 0.2) is 23.0 Å². The Bertz CT molecular complexity index is 282. The van der Waals surface area contributed by atoms with E-state index in [1.54, 1.807) is 0 Å². The van der Waals surface area contributed by atoms with E-state index in [0.29, 0.717) is 5.76 Å². The van der Waals surface area contributed by atoms with Crippen molar-refractivity contribution in [2.75, 3.05) is 0 Å². The minimum absolute atomic E-state index is 0.128. The van der Waals surface area contributed by atoms with Crippen molar-refractivity contribution >= 4 is 0 Å². The smallest absolute Gasteiger partial charge is 0.0957 e. The maximum absolute atomic E-state index is 10.1. The summed E-state index contributed by atoms with van der Waals surface area (Å²) >= 11 is 0. The fourth-order valence-corrected chi connectivity index (χ4v) is 1.90. The zero-order valence-corrected chi connectivity index (χ0v) is 10.6. The highest BCUT2D eigenvalue weighted by Gasteiger charge is 2.21. The molecule has 15 heavy (non-hydrogen) atoms. The molecule has 1 aliphatic carbocycles. The van der Waals surface area contributed by atoms with Crippen LogP contribution in [-0.4, -0.2) is 5.11 Å². The summed E-state index contributed by atoms with van der Waals surface area (Å²) < 4.78 is 0. The van der Waals surface area contributed by atoms with Gasteiger partial charge in [0.15, 0.2) is 0 Å². The Labute approximate surface area is 93.9 Å². The number of allylic oxidation sites excluding steroid dienone is 3. The van der Waals surface area contributed by atoms with Gasteiger partial charge in [0.2, 0.25) is 0 Å². The van der Waals surface area contributed by atoms with E-state index in [4.69, 9.17) is 0 Å². The molecule has 1 heteroatoms. The highest BCUT2D eigenvalue weighted by Crippen LogP contribution is 2.34. The Morgan fingerprint density at radius 3 is 2.60 bits per heavy atom. The van der Waals surface area contributed by atoms with Crippen molar-refractivity contribution in [2.24, 2.45) is 5.41 Å². The summed E-state index contributed by atoms with van der Waals surface area (Å²) in [6, 6.07) is 0. The monoisotopic (exact) mass is 208 g/mol. The number of aliphatic hydroxyl groups is 1. The third-order valence-electron chi connectivity index (χ3n) is 3.86. The van der Waals surface area contributed by atoms with Crippen LogP contribution in [0.4, 0.5) is 0 Å². The lowest BCUT2D eigenvalue weighted by atomic mass is 9.81. The SMILES string of the molecule is CCC(C)(C)C(C)=C(O)CC1=CCCC1. The molecule has 0 saturated carbocycles. The van der Waals surface area contributed by atoms with Crippen LogP contribution < -0.4 is 0 Å². The van der Waals surface area contributed by atoms with Crippen molar-refractivity contribution in [1.82, 2.24) is 0 Å². The van der Waals surface area contributed by atoms with Gasteiger partial charge in [0.05, 0.1) is 5.76 Å². The van der Waals surface area contributed by atoms with Gasteiger partial charge in [-0.15, -0.1) is 0 Å². The molecule has 0 aliphatic heterocycles. The standard InChI is InChI=1S/C14H24O/c1-5-14(3,4)11(2)13(15)10-12-8-6-7-9-12/h8,15H,5-7,9-10H2,1-4H3. The van der Waals surface area contributed by atoms with E-state index in [1.165, 1.54) is 24.8 Å². The molecule has 0 saturated heterocycles. The van der Waals surface area contributed by atoms with Gasteiger partial charge in [-0.3, -0.25) is 0 Å². The fraction of sp³-hybridized carbons (Fsp3) is 0.714. The lowest BCUT2D eigenvalue weighted by Gasteiger charge is -2.25. The van der Waals surface area contributed by atoms with Gasteiger partial charge in [-0.25, -0.2) is 0 Å². The van der Waals surface area contributed by atoms with Crippen LogP contribution in [0.3, 0.4) is 0 Å². The molecule has 0 atom stereocenters. The van der Waals surface area contributed by atoms with Crippen LogP contribution in [0.2, 0.25) is 0 Å². The summed E-state index contributed by atoms with van der Waals surface area (Å²) in [5, 5.41) is 10.1. The zero-order valence-electron chi connectivity index (χ0n) is 10.6. The molecule has 1 aliphatic rings. The van der Waals surface area contributed by atoms with Crippen molar-refractivity contribution in [1.29, 1.82) is 0 Å². The lowest BCUT2D eigenvalue weighted by molar-refractivity contribution is 0.344. The maximum atomic E-state index is 10.1. The Morgan fingerprint density at radius 1 is 1.47 bits per heavy atom. The molecule has 1 N–H and O–H groups in total. The van der Waals surface area contributed by atoms with Gasteiger partial charge in [0.1, 0.15) is 0 Å². The molecule has 86 valence electrons. The van der Waals surface area contributed by atoms with Crippen LogP contribution in [0, 0.1) is 5.41 Å². The van der Waals surface area contributed by atoms with Crippen molar-refractivity contribution in [2.45, 2.75) is 59.8 Å². The first kappa shape index (κ1) is 12.4. The van der Waals surface area contributed by atoms with Gasteiger partial charge in [-0.05, 0) is 43.6 Å². The molecular weight excluding hydrogens is 184 g/mol. The summed E-state index contributed by atoms with van der Waals surface area (Å²) in [4.78, 5) is 0. The molecule has 1 rings (SSSR count). The summed E-state index contributed by atoms with van der Waals surface area (Å²) in [6.45, 7) is 8.63. The van der Waals surface area contributed by atoms with Gasteiger partial charge < -0.3 is 5.11 Å². The van der Waals surface area contributed by atoms with Crippen molar-refractivity contribution < 1.29 is 5.11 Å². The molecule has 0 spiro atoms. The molecular formula is C14H24O. The molecule has 0 bridgehead atoms. The average molecular weight is 208 g/mol. The second-order valence-corrected chi connectivity index (χ2v) is 5.24. The molecule has 0 unspecified atom stereocenters. The predicted octanol–water partition coefficient (Wildman–Crippen LogP) is 4.76. The minimum Gasteiger partial charge on any atom is -0.512 e. The highest BCUT2D eigenvalue weighted by atomic mass is 16.3. The Morgan fingerprint density at radius 2 is 2.13 bits per heavy atom. The van der Waals surface area contributed by atoms with Crippen LogP contribution in [-0.2, 0) is 0 Å². The largest absolute Gasteiger partial charge is 0.512 e.